The van der Waals surface area contributed by atoms with Crippen molar-refractivity contribution in [1.29, 1.82) is 0 Å². The van der Waals surface area contributed by atoms with E-state index < -0.39 is 0 Å². The van der Waals surface area contributed by atoms with Crippen molar-refractivity contribution in [3.63, 3.8) is 0 Å². The lowest BCUT2D eigenvalue weighted by Gasteiger charge is -2.17. The van der Waals surface area contributed by atoms with Gasteiger partial charge < -0.3 is 5.73 Å². The number of aromatic nitrogens is 4. The fourth-order valence-corrected chi connectivity index (χ4v) is 2.71. The molecule has 0 bridgehead atoms. The van der Waals surface area contributed by atoms with E-state index in [0.717, 1.165) is 22.4 Å². The van der Waals surface area contributed by atoms with E-state index in [1.165, 1.54) is 0 Å². The van der Waals surface area contributed by atoms with E-state index in [2.05, 4.69) is 10.1 Å². The second-order valence-electron chi connectivity index (χ2n) is 5.41. The molecule has 0 amide bonds. The van der Waals surface area contributed by atoms with E-state index >= 15 is 0 Å². The van der Waals surface area contributed by atoms with Crippen molar-refractivity contribution in [2.75, 3.05) is 5.73 Å². The minimum atomic E-state index is -0.213. The van der Waals surface area contributed by atoms with E-state index in [-0.39, 0.29) is 11.9 Å². The predicted octanol–water partition coefficient (Wildman–Crippen LogP) is 2.72. The summed E-state index contributed by atoms with van der Waals surface area (Å²) in [4.78, 5) is 4.38. The van der Waals surface area contributed by atoms with E-state index in [1.54, 1.807) is 23.7 Å². The number of benzene rings is 1. The Morgan fingerprint density at radius 2 is 2.00 bits per heavy atom. The van der Waals surface area contributed by atoms with E-state index in [1.807, 2.05) is 31.5 Å². The Bertz CT molecular complexity index is 830. The highest BCUT2D eigenvalue weighted by Gasteiger charge is 2.21. The summed E-state index contributed by atoms with van der Waals surface area (Å²) in [6, 6.07) is 5.12. The number of hydrogen-bond donors (Lipinski definition) is 1. The van der Waals surface area contributed by atoms with Crippen molar-refractivity contribution in [3.8, 4) is 0 Å². The molecule has 110 valence electrons. The molecular formula is C15H18FN5. The molecule has 3 aromatic rings. The molecule has 0 spiro atoms. The standard InChI is InChI=1S/C15H18FN5/c1-8-5-6-11(7-12(8)16)10(3)21-14-13(18-15(21)17)9(2)19-20(14)4/h5-7,10H,1-4H3,(H2,17,18). The van der Waals surface area contributed by atoms with Crippen LogP contribution in [0.4, 0.5) is 10.3 Å². The molecule has 1 unspecified atom stereocenters. The molecule has 1 aromatic carbocycles. The summed E-state index contributed by atoms with van der Waals surface area (Å²) in [5.74, 6) is 0.199. The van der Waals surface area contributed by atoms with Crippen LogP contribution in [0.1, 0.15) is 29.8 Å². The van der Waals surface area contributed by atoms with Crippen LogP contribution in [-0.2, 0) is 7.05 Å². The number of nitrogen functional groups attached to an aromatic ring is 1. The number of halogens is 1. The third kappa shape index (κ3) is 1.98. The normalized spacial score (nSPS) is 13.0. The lowest BCUT2D eigenvalue weighted by atomic mass is 10.1. The van der Waals surface area contributed by atoms with Crippen LogP contribution in [0.25, 0.3) is 11.2 Å². The van der Waals surface area contributed by atoms with Gasteiger partial charge in [-0.2, -0.15) is 5.10 Å². The van der Waals surface area contributed by atoms with Gasteiger partial charge in [-0.25, -0.2) is 9.37 Å². The first-order valence-corrected chi connectivity index (χ1v) is 6.83. The highest BCUT2D eigenvalue weighted by atomic mass is 19.1. The van der Waals surface area contributed by atoms with Crippen molar-refractivity contribution in [3.05, 3.63) is 40.8 Å². The monoisotopic (exact) mass is 287 g/mol. The number of rotatable bonds is 2. The number of anilines is 1. The zero-order chi connectivity index (χ0) is 15.3. The van der Waals surface area contributed by atoms with Gasteiger partial charge in [-0.1, -0.05) is 12.1 Å². The molecule has 2 N–H and O–H groups in total. The number of hydrogen-bond acceptors (Lipinski definition) is 3. The highest BCUT2D eigenvalue weighted by molar-refractivity contribution is 5.77. The van der Waals surface area contributed by atoms with Crippen LogP contribution in [0, 0.1) is 19.7 Å². The van der Waals surface area contributed by atoms with E-state index in [4.69, 9.17) is 5.73 Å². The molecule has 2 heterocycles. The maximum Gasteiger partial charge on any atom is 0.203 e. The minimum absolute atomic E-state index is 0.125. The Morgan fingerprint density at radius 1 is 1.29 bits per heavy atom. The first-order chi connectivity index (χ1) is 9.90. The van der Waals surface area contributed by atoms with E-state index in [9.17, 15) is 4.39 Å². The highest BCUT2D eigenvalue weighted by Crippen LogP contribution is 2.29. The number of fused-ring (bicyclic) bond motifs is 1. The van der Waals surface area contributed by atoms with Gasteiger partial charge in [0.1, 0.15) is 11.3 Å². The second-order valence-corrected chi connectivity index (χ2v) is 5.41. The fraction of sp³-hybridized carbons (Fsp3) is 0.333. The van der Waals surface area contributed by atoms with Crippen molar-refractivity contribution in [1.82, 2.24) is 19.3 Å². The Hall–Kier alpha value is -2.37. The van der Waals surface area contributed by atoms with Crippen LogP contribution in [0.2, 0.25) is 0 Å². The Kier molecular flexibility index (Phi) is 2.97. The maximum absolute atomic E-state index is 13.8. The number of nitrogens with zero attached hydrogens (tertiary/aromatic N) is 4. The quantitative estimate of drug-likeness (QED) is 0.788. The molecule has 5 nitrogen and oxygen atoms in total. The third-order valence-corrected chi connectivity index (χ3v) is 3.93. The van der Waals surface area contributed by atoms with Crippen LogP contribution in [0.3, 0.4) is 0 Å². The van der Waals surface area contributed by atoms with E-state index in [0.29, 0.717) is 11.5 Å². The minimum Gasteiger partial charge on any atom is -0.369 e. The fourth-order valence-electron chi connectivity index (χ4n) is 2.71. The summed E-state index contributed by atoms with van der Waals surface area (Å²) < 4.78 is 17.5. The summed E-state index contributed by atoms with van der Waals surface area (Å²) in [5.41, 5.74) is 10.0. The van der Waals surface area contributed by atoms with Crippen molar-refractivity contribution in [2.45, 2.75) is 26.8 Å². The van der Waals surface area contributed by atoms with Crippen LogP contribution in [-0.4, -0.2) is 19.3 Å². The topological polar surface area (TPSA) is 61.7 Å². The zero-order valence-electron chi connectivity index (χ0n) is 12.6. The van der Waals surface area contributed by atoms with Gasteiger partial charge in [-0.05, 0) is 38.0 Å². The van der Waals surface area contributed by atoms with Gasteiger partial charge in [0.2, 0.25) is 5.95 Å². The van der Waals surface area contributed by atoms with Gasteiger partial charge in [0, 0.05) is 7.05 Å². The lowest BCUT2D eigenvalue weighted by molar-refractivity contribution is 0.599. The van der Waals surface area contributed by atoms with Crippen LogP contribution in [0.5, 0.6) is 0 Å². The molecule has 6 heteroatoms. The van der Waals surface area contributed by atoms with Gasteiger partial charge in [-0.3, -0.25) is 9.25 Å². The molecular weight excluding hydrogens is 269 g/mol. The summed E-state index contributed by atoms with van der Waals surface area (Å²) in [7, 11) is 1.86. The lowest BCUT2D eigenvalue weighted by Crippen LogP contribution is -2.13. The molecule has 0 saturated heterocycles. The summed E-state index contributed by atoms with van der Waals surface area (Å²) in [6.07, 6.45) is 0. The average molecular weight is 287 g/mol. The van der Waals surface area contributed by atoms with Crippen molar-refractivity contribution in [2.24, 2.45) is 7.05 Å². The number of nitrogens with two attached hydrogens (primary N) is 1. The molecule has 0 aliphatic carbocycles. The molecule has 1 atom stereocenters. The smallest absolute Gasteiger partial charge is 0.203 e. The Morgan fingerprint density at radius 3 is 2.67 bits per heavy atom. The Balaban J connectivity index is 2.19. The SMILES string of the molecule is Cc1ccc(C(C)n2c(N)nc3c(C)nn(C)c32)cc1F. The van der Waals surface area contributed by atoms with Crippen LogP contribution in [0.15, 0.2) is 18.2 Å². The van der Waals surface area contributed by atoms with Crippen molar-refractivity contribution >= 4 is 17.1 Å². The third-order valence-electron chi connectivity index (χ3n) is 3.93. The van der Waals surface area contributed by atoms with Gasteiger partial charge >= 0.3 is 0 Å². The second kappa shape index (κ2) is 4.58. The molecule has 0 aliphatic heterocycles. The summed E-state index contributed by atoms with van der Waals surface area (Å²) >= 11 is 0. The van der Waals surface area contributed by atoms with Crippen LogP contribution < -0.4 is 5.73 Å². The predicted molar refractivity (Wildman–Crippen MR) is 80.6 cm³/mol. The molecule has 0 aliphatic rings. The summed E-state index contributed by atoms with van der Waals surface area (Å²) in [6.45, 7) is 5.62. The number of aryl methyl sites for hydroxylation is 3. The molecule has 2 aromatic heterocycles. The summed E-state index contributed by atoms with van der Waals surface area (Å²) in [5, 5.41) is 4.36. The molecule has 0 saturated carbocycles. The number of imidazole rings is 1. The first kappa shape index (κ1) is 13.6. The van der Waals surface area contributed by atoms with Gasteiger partial charge in [0.05, 0.1) is 11.7 Å². The van der Waals surface area contributed by atoms with Gasteiger partial charge in [0.15, 0.2) is 5.65 Å². The molecule has 0 radical (unpaired) electrons. The first-order valence-electron chi connectivity index (χ1n) is 6.83. The molecule has 21 heavy (non-hydrogen) atoms. The average Bonchev–Trinajstić information content (AvgIpc) is 2.90. The molecule has 3 rings (SSSR count). The van der Waals surface area contributed by atoms with Gasteiger partial charge in [0.25, 0.3) is 0 Å². The zero-order valence-corrected chi connectivity index (χ0v) is 12.6. The van der Waals surface area contributed by atoms with Gasteiger partial charge in [-0.15, -0.1) is 0 Å². The largest absolute Gasteiger partial charge is 0.369 e. The maximum atomic E-state index is 13.8. The van der Waals surface area contributed by atoms with Crippen molar-refractivity contribution < 1.29 is 4.39 Å². The van der Waals surface area contributed by atoms with Crippen LogP contribution >= 0.6 is 0 Å². The molecule has 0 fully saturated rings. The Labute approximate surface area is 122 Å².